The highest BCUT2D eigenvalue weighted by Gasteiger charge is 2.24. The summed E-state index contributed by atoms with van der Waals surface area (Å²) in [6.07, 6.45) is 0. The van der Waals surface area contributed by atoms with E-state index in [1.807, 2.05) is 44.2 Å². The van der Waals surface area contributed by atoms with Gasteiger partial charge in [0.05, 0.1) is 6.04 Å². The maximum atomic E-state index is 12.6. The zero-order valence-corrected chi connectivity index (χ0v) is 13.1. The van der Waals surface area contributed by atoms with Crippen molar-refractivity contribution in [1.29, 1.82) is 0 Å². The summed E-state index contributed by atoms with van der Waals surface area (Å²) >= 11 is 0. The van der Waals surface area contributed by atoms with Gasteiger partial charge in [-0.2, -0.15) is 0 Å². The molecule has 2 aromatic rings. The quantitative estimate of drug-likeness (QED) is 0.877. The molecule has 2 N–H and O–H groups in total. The third-order valence-electron chi connectivity index (χ3n) is 3.58. The summed E-state index contributed by atoms with van der Waals surface area (Å²) in [5.74, 6) is -0.0536. The van der Waals surface area contributed by atoms with Gasteiger partial charge in [-0.3, -0.25) is 4.79 Å². The zero-order valence-electron chi connectivity index (χ0n) is 13.1. The molecule has 0 radical (unpaired) electrons. The van der Waals surface area contributed by atoms with E-state index in [-0.39, 0.29) is 30.2 Å². The van der Waals surface area contributed by atoms with E-state index in [0.717, 1.165) is 5.56 Å². The van der Waals surface area contributed by atoms with Crippen molar-refractivity contribution in [3.8, 4) is 0 Å². The fourth-order valence-electron chi connectivity index (χ4n) is 2.04. The number of nitrogens with two attached hydrogens (primary N) is 1. The summed E-state index contributed by atoms with van der Waals surface area (Å²) in [5, 5.41) is 7.74. The van der Waals surface area contributed by atoms with E-state index >= 15 is 0 Å². The van der Waals surface area contributed by atoms with Gasteiger partial charge in [0.2, 0.25) is 0 Å². The molecule has 1 heterocycles. The molecule has 1 unspecified atom stereocenters. The van der Waals surface area contributed by atoms with Gasteiger partial charge in [-0.1, -0.05) is 35.5 Å². The second-order valence-electron chi connectivity index (χ2n) is 4.95. The summed E-state index contributed by atoms with van der Waals surface area (Å²) in [6.45, 7) is 4.54. The predicted octanol–water partition coefficient (Wildman–Crippen LogP) is 1.69. The number of hydrogen-bond acceptors (Lipinski definition) is 5. The number of rotatable bonds is 6. The van der Waals surface area contributed by atoms with Gasteiger partial charge in [0.25, 0.3) is 5.91 Å². The van der Waals surface area contributed by atoms with Crippen LogP contribution in [0.2, 0.25) is 0 Å². The molecule has 1 aromatic heterocycles. The molecule has 0 saturated heterocycles. The van der Waals surface area contributed by atoms with Crippen LogP contribution in [0, 0.1) is 0 Å². The van der Waals surface area contributed by atoms with Crippen LogP contribution in [-0.2, 0) is 11.5 Å². The number of anilines is 1. The third kappa shape index (κ3) is 3.25. The van der Waals surface area contributed by atoms with Crippen LogP contribution in [0.1, 0.15) is 35.9 Å². The van der Waals surface area contributed by atoms with Gasteiger partial charge in [0.15, 0.2) is 11.5 Å². The average Bonchev–Trinajstić information content (AvgIpc) is 2.92. The molecule has 118 valence electrons. The van der Waals surface area contributed by atoms with E-state index in [9.17, 15) is 4.79 Å². The van der Waals surface area contributed by atoms with E-state index in [2.05, 4.69) is 10.3 Å². The molecule has 0 aliphatic carbocycles. The Morgan fingerprint density at radius 3 is 2.73 bits per heavy atom. The van der Waals surface area contributed by atoms with Crippen LogP contribution in [0.3, 0.4) is 0 Å². The minimum atomic E-state index is -0.267. The SMILES string of the molecule is CCOCn1nnc(C(=O)N(C)C(C)c2ccccc2)c1N. The van der Waals surface area contributed by atoms with Crippen LogP contribution in [0.25, 0.3) is 0 Å². The Morgan fingerprint density at radius 1 is 1.41 bits per heavy atom. The maximum absolute atomic E-state index is 12.6. The largest absolute Gasteiger partial charge is 0.382 e. The number of ether oxygens (including phenoxy) is 1. The first-order valence-corrected chi connectivity index (χ1v) is 7.15. The van der Waals surface area contributed by atoms with Crippen LogP contribution in [0.15, 0.2) is 30.3 Å². The number of carbonyl (C=O) groups is 1. The van der Waals surface area contributed by atoms with Gasteiger partial charge in [-0.25, -0.2) is 4.68 Å². The van der Waals surface area contributed by atoms with Crippen LogP contribution >= 0.6 is 0 Å². The van der Waals surface area contributed by atoms with Gasteiger partial charge in [0, 0.05) is 13.7 Å². The van der Waals surface area contributed by atoms with Crippen LogP contribution in [-0.4, -0.2) is 39.5 Å². The number of carbonyl (C=O) groups excluding carboxylic acids is 1. The van der Waals surface area contributed by atoms with Crippen molar-refractivity contribution in [3.63, 3.8) is 0 Å². The molecule has 22 heavy (non-hydrogen) atoms. The Hall–Kier alpha value is -2.41. The Bertz CT molecular complexity index is 626. The molecule has 7 nitrogen and oxygen atoms in total. The Labute approximate surface area is 129 Å². The fourth-order valence-corrected chi connectivity index (χ4v) is 2.04. The van der Waals surface area contributed by atoms with Crippen molar-refractivity contribution in [3.05, 3.63) is 41.6 Å². The van der Waals surface area contributed by atoms with Crippen LogP contribution < -0.4 is 5.73 Å². The molecular formula is C15H21N5O2. The first kappa shape index (κ1) is 16.0. The standard InChI is InChI=1S/C15H21N5O2/c1-4-22-10-20-14(16)13(17-18-20)15(21)19(3)11(2)12-8-6-5-7-9-12/h5-9,11H,4,10,16H2,1-3H3. The van der Waals surface area contributed by atoms with Gasteiger partial charge >= 0.3 is 0 Å². The van der Waals surface area contributed by atoms with Crippen LogP contribution in [0.4, 0.5) is 5.82 Å². The number of hydrogen-bond donors (Lipinski definition) is 1. The Kier molecular flexibility index (Phi) is 5.11. The normalized spacial score (nSPS) is 12.1. The van der Waals surface area contributed by atoms with Gasteiger partial charge < -0.3 is 15.4 Å². The number of nitrogens with zero attached hydrogens (tertiary/aromatic N) is 4. The monoisotopic (exact) mass is 303 g/mol. The molecule has 0 saturated carbocycles. The van der Waals surface area contributed by atoms with E-state index < -0.39 is 0 Å². The van der Waals surface area contributed by atoms with E-state index in [1.165, 1.54) is 4.68 Å². The molecule has 0 fully saturated rings. The number of aromatic nitrogens is 3. The fraction of sp³-hybridized carbons (Fsp3) is 0.400. The summed E-state index contributed by atoms with van der Waals surface area (Å²) in [4.78, 5) is 14.2. The molecule has 0 aliphatic rings. The third-order valence-corrected chi connectivity index (χ3v) is 3.58. The highest BCUT2D eigenvalue weighted by atomic mass is 16.5. The zero-order chi connectivity index (χ0) is 16.1. The minimum absolute atomic E-state index is 0.0925. The lowest BCUT2D eigenvalue weighted by Crippen LogP contribution is -2.30. The smallest absolute Gasteiger partial charge is 0.278 e. The minimum Gasteiger partial charge on any atom is -0.382 e. The van der Waals surface area contributed by atoms with Crippen LogP contribution in [0.5, 0.6) is 0 Å². The summed E-state index contributed by atoms with van der Waals surface area (Å²) in [7, 11) is 1.72. The van der Waals surface area contributed by atoms with Gasteiger partial charge in [0.1, 0.15) is 6.73 Å². The lowest BCUT2D eigenvalue weighted by Gasteiger charge is -2.24. The van der Waals surface area contributed by atoms with Crippen molar-refractivity contribution >= 4 is 11.7 Å². The molecule has 1 amide bonds. The first-order chi connectivity index (χ1) is 10.6. The number of amides is 1. The second-order valence-corrected chi connectivity index (χ2v) is 4.95. The molecule has 1 aromatic carbocycles. The van der Waals surface area contributed by atoms with Crippen molar-refractivity contribution in [2.75, 3.05) is 19.4 Å². The number of nitrogen functional groups attached to an aromatic ring is 1. The van der Waals surface area contributed by atoms with E-state index in [4.69, 9.17) is 10.5 Å². The Morgan fingerprint density at radius 2 is 2.09 bits per heavy atom. The highest BCUT2D eigenvalue weighted by Crippen LogP contribution is 2.21. The molecule has 2 rings (SSSR count). The van der Waals surface area contributed by atoms with Crippen molar-refractivity contribution in [2.45, 2.75) is 26.6 Å². The topological polar surface area (TPSA) is 86.3 Å². The second kappa shape index (κ2) is 7.04. The lowest BCUT2D eigenvalue weighted by atomic mass is 10.1. The summed E-state index contributed by atoms with van der Waals surface area (Å²) in [6, 6.07) is 9.68. The van der Waals surface area contributed by atoms with Gasteiger partial charge in [-0.05, 0) is 19.4 Å². The van der Waals surface area contributed by atoms with Gasteiger partial charge in [-0.15, -0.1) is 5.10 Å². The van der Waals surface area contributed by atoms with Crippen molar-refractivity contribution in [1.82, 2.24) is 19.9 Å². The van der Waals surface area contributed by atoms with E-state index in [1.54, 1.807) is 11.9 Å². The van der Waals surface area contributed by atoms with E-state index in [0.29, 0.717) is 6.61 Å². The summed E-state index contributed by atoms with van der Waals surface area (Å²) in [5.41, 5.74) is 7.12. The molecule has 0 aliphatic heterocycles. The Balaban J connectivity index is 2.15. The predicted molar refractivity (Wildman–Crippen MR) is 83.0 cm³/mol. The van der Waals surface area contributed by atoms with Crippen molar-refractivity contribution < 1.29 is 9.53 Å². The summed E-state index contributed by atoms with van der Waals surface area (Å²) < 4.78 is 6.60. The molecule has 7 heteroatoms. The average molecular weight is 303 g/mol. The molecule has 1 atom stereocenters. The maximum Gasteiger partial charge on any atom is 0.278 e. The highest BCUT2D eigenvalue weighted by molar-refractivity contribution is 5.96. The first-order valence-electron chi connectivity index (χ1n) is 7.15. The lowest BCUT2D eigenvalue weighted by molar-refractivity contribution is 0.0737. The number of benzene rings is 1. The van der Waals surface area contributed by atoms with Crippen molar-refractivity contribution in [2.24, 2.45) is 0 Å². The molecule has 0 spiro atoms. The molecular weight excluding hydrogens is 282 g/mol. The molecule has 0 bridgehead atoms.